The fraction of sp³-hybridized carbons (Fsp3) is 0.381. The Kier molecular flexibility index (Phi) is 8.84. The molecule has 0 bridgehead atoms. The van der Waals surface area contributed by atoms with Gasteiger partial charge in [0.15, 0.2) is 0 Å². The number of ether oxygens (including phenoxy) is 1. The summed E-state index contributed by atoms with van der Waals surface area (Å²) in [7, 11) is 4.05. The van der Waals surface area contributed by atoms with Gasteiger partial charge in [-0.3, -0.25) is 10.4 Å². The Hall–Kier alpha value is -2.51. The van der Waals surface area contributed by atoms with E-state index in [0.717, 1.165) is 47.4 Å². The van der Waals surface area contributed by atoms with Crippen molar-refractivity contribution in [3.63, 3.8) is 0 Å². The van der Waals surface area contributed by atoms with Crippen LogP contribution in [0.25, 0.3) is 6.08 Å². The number of pyridine rings is 1. The number of aryl methyl sites for hydroxylation is 1. The second-order valence-electron chi connectivity index (χ2n) is 6.52. The molecule has 0 aliphatic heterocycles. The van der Waals surface area contributed by atoms with Crippen molar-refractivity contribution in [1.29, 1.82) is 0 Å². The molecule has 1 aliphatic rings. The summed E-state index contributed by atoms with van der Waals surface area (Å²) in [6.45, 7) is 8.69. The molecule has 3 rings (SSSR count). The molecule has 2 heterocycles. The minimum Gasteiger partial charge on any atom is -0.492 e. The Morgan fingerprint density at radius 2 is 2.25 bits per heavy atom. The zero-order chi connectivity index (χ0) is 20.4. The molecule has 0 radical (unpaired) electrons. The van der Waals surface area contributed by atoms with Gasteiger partial charge in [-0.15, -0.1) is 6.58 Å². The van der Waals surface area contributed by atoms with Crippen LogP contribution in [0.3, 0.4) is 0 Å². The number of allylic oxidation sites excluding steroid dienone is 2. The molecular weight excluding hydrogens is 370 g/mol. The minimum atomic E-state index is 0.642. The number of hydrazone groups is 1. The maximum atomic E-state index is 5.75. The molecule has 0 atom stereocenters. The zero-order valence-corrected chi connectivity index (χ0v) is 17.9. The van der Waals surface area contributed by atoms with Gasteiger partial charge in [-0.05, 0) is 52.9 Å². The van der Waals surface area contributed by atoms with Crippen molar-refractivity contribution in [2.75, 3.05) is 32.7 Å². The number of rotatable bonds is 7. The van der Waals surface area contributed by atoms with Crippen LogP contribution in [0.4, 0.5) is 5.13 Å². The normalized spacial score (nSPS) is 12.8. The third-order valence-electron chi connectivity index (χ3n) is 3.77. The lowest BCUT2D eigenvalue weighted by Gasteiger charge is -2.11. The second-order valence-corrected chi connectivity index (χ2v) is 7.55. The van der Waals surface area contributed by atoms with E-state index in [2.05, 4.69) is 44.1 Å². The van der Waals surface area contributed by atoms with E-state index < -0.39 is 0 Å². The molecule has 0 spiro atoms. The second kappa shape index (κ2) is 11.4. The fourth-order valence-corrected chi connectivity index (χ4v) is 3.25. The summed E-state index contributed by atoms with van der Waals surface area (Å²) >= 11 is 1.62. The van der Waals surface area contributed by atoms with Crippen molar-refractivity contribution >= 4 is 28.3 Å². The quantitative estimate of drug-likeness (QED) is 0.423. The van der Waals surface area contributed by atoms with Crippen LogP contribution >= 0.6 is 11.3 Å². The maximum Gasteiger partial charge on any atom is 0.204 e. The van der Waals surface area contributed by atoms with Gasteiger partial charge in [-0.2, -0.15) is 5.10 Å². The third kappa shape index (κ3) is 6.90. The van der Waals surface area contributed by atoms with Crippen LogP contribution in [-0.4, -0.2) is 47.8 Å². The standard InChI is InChI=1S/C18H23N5OS.C3H6/c1-13(16-12-14(8-9-19-16)24-11-10-23(2)3)21-22-18-20-15-6-4-5-7-17(15)25-18;1-3-2/h5,7-9,12H,4,6,10-11H2,1-3H3,(H,20,22);3H,1H2,2H3/b21-13+;. The average molecular weight is 400 g/mol. The van der Waals surface area contributed by atoms with Crippen molar-refractivity contribution < 1.29 is 4.74 Å². The van der Waals surface area contributed by atoms with Gasteiger partial charge in [0.1, 0.15) is 12.4 Å². The molecular formula is C21H29N5OS. The number of hydrogen-bond acceptors (Lipinski definition) is 7. The Bertz CT molecular complexity index is 826. The average Bonchev–Trinajstić information content (AvgIpc) is 3.10. The Morgan fingerprint density at radius 3 is 2.96 bits per heavy atom. The summed E-state index contributed by atoms with van der Waals surface area (Å²) in [5.74, 6) is 0.802. The highest BCUT2D eigenvalue weighted by Crippen LogP contribution is 2.28. The molecule has 150 valence electrons. The van der Waals surface area contributed by atoms with Crippen molar-refractivity contribution in [2.45, 2.75) is 26.7 Å². The molecule has 0 saturated heterocycles. The Balaban J connectivity index is 0.000000878. The van der Waals surface area contributed by atoms with Gasteiger partial charge in [-0.25, -0.2) is 4.98 Å². The van der Waals surface area contributed by atoms with E-state index in [1.165, 1.54) is 4.88 Å². The first-order valence-corrected chi connectivity index (χ1v) is 10.1. The monoisotopic (exact) mass is 399 g/mol. The van der Waals surface area contributed by atoms with Crippen molar-refractivity contribution in [3.05, 3.63) is 53.3 Å². The predicted octanol–water partition coefficient (Wildman–Crippen LogP) is 4.47. The Morgan fingerprint density at radius 1 is 1.46 bits per heavy atom. The number of nitrogens with one attached hydrogen (secondary N) is 1. The van der Waals surface area contributed by atoms with Gasteiger partial charge in [0.05, 0.1) is 22.0 Å². The Labute approximate surface area is 171 Å². The molecule has 2 aromatic rings. The van der Waals surface area contributed by atoms with Gasteiger partial charge in [0.25, 0.3) is 0 Å². The van der Waals surface area contributed by atoms with Crippen molar-refractivity contribution in [1.82, 2.24) is 14.9 Å². The number of fused-ring (bicyclic) bond motifs is 1. The lowest BCUT2D eigenvalue weighted by molar-refractivity contribution is 0.261. The number of anilines is 1. The molecule has 0 fully saturated rings. The molecule has 0 aromatic carbocycles. The van der Waals surface area contributed by atoms with Crippen LogP contribution in [0.15, 0.2) is 42.2 Å². The van der Waals surface area contributed by atoms with Gasteiger partial charge in [-0.1, -0.05) is 23.5 Å². The van der Waals surface area contributed by atoms with E-state index >= 15 is 0 Å². The number of hydrogen-bond donors (Lipinski definition) is 1. The van der Waals surface area contributed by atoms with E-state index in [1.54, 1.807) is 23.6 Å². The zero-order valence-electron chi connectivity index (χ0n) is 17.1. The maximum absolute atomic E-state index is 5.75. The third-order valence-corrected chi connectivity index (χ3v) is 4.74. The van der Waals surface area contributed by atoms with E-state index in [0.29, 0.717) is 6.61 Å². The first-order valence-electron chi connectivity index (χ1n) is 9.31. The van der Waals surface area contributed by atoms with Gasteiger partial charge >= 0.3 is 0 Å². The van der Waals surface area contributed by atoms with E-state index in [1.807, 2.05) is 40.1 Å². The van der Waals surface area contributed by atoms with E-state index in [4.69, 9.17) is 4.74 Å². The summed E-state index contributed by atoms with van der Waals surface area (Å²) in [6, 6.07) is 3.77. The minimum absolute atomic E-state index is 0.642. The highest BCUT2D eigenvalue weighted by molar-refractivity contribution is 7.16. The van der Waals surface area contributed by atoms with Crippen LogP contribution in [0, 0.1) is 0 Å². The van der Waals surface area contributed by atoms with Crippen molar-refractivity contribution in [2.24, 2.45) is 5.10 Å². The number of thiazole rings is 1. The fourth-order valence-electron chi connectivity index (χ4n) is 2.36. The van der Waals surface area contributed by atoms with Gasteiger partial charge in [0, 0.05) is 18.8 Å². The summed E-state index contributed by atoms with van der Waals surface area (Å²) in [5.41, 5.74) is 5.78. The first kappa shape index (κ1) is 21.8. The molecule has 1 aliphatic carbocycles. The smallest absolute Gasteiger partial charge is 0.204 e. The number of aromatic nitrogens is 2. The molecule has 0 saturated carbocycles. The van der Waals surface area contributed by atoms with Crippen LogP contribution in [0.2, 0.25) is 0 Å². The van der Waals surface area contributed by atoms with Crippen LogP contribution in [0.5, 0.6) is 5.75 Å². The van der Waals surface area contributed by atoms with Crippen LogP contribution in [0.1, 0.15) is 36.5 Å². The topological polar surface area (TPSA) is 62.6 Å². The number of nitrogens with zero attached hydrogens (tertiary/aromatic N) is 4. The molecule has 0 unspecified atom stereocenters. The predicted molar refractivity (Wildman–Crippen MR) is 119 cm³/mol. The highest BCUT2D eigenvalue weighted by Gasteiger charge is 2.11. The van der Waals surface area contributed by atoms with Crippen LogP contribution in [-0.2, 0) is 6.42 Å². The summed E-state index contributed by atoms with van der Waals surface area (Å²) < 4.78 is 5.75. The lowest BCUT2D eigenvalue weighted by atomic mass is 10.1. The molecule has 0 amide bonds. The molecule has 2 aromatic heterocycles. The molecule has 1 N–H and O–H groups in total. The molecule has 6 nitrogen and oxygen atoms in total. The van der Waals surface area contributed by atoms with Gasteiger partial charge in [0.2, 0.25) is 5.13 Å². The lowest BCUT2D eigenvalue weighted by Crippen LogP contribution is -2.19. The summed E-state index contributed by atoms with van der Waals surface area (Å²) in [4.78, 5) is 12.3. The van der Waals surface area contributed by atoms with Crippen molar-refractivity contribution in [3.8, 4) is 5.75 Å². The SMILES string of the molecule is C/C(=N\Nc1nc2c(s1)C=CCC2)c1cc(OCCN(C)C)ccn1.C=CC. The first-order chi connectivity index (χ1) is 13.5. The van der Waals surface area contributed by atoms with E-state index in [9.17, 15) is 0 Å². The summed E-state index contributed by atoms with van der Waals surface area (Å²) in [6.07, 6.45) is 9.87. The largest absolute Gasteiger partial charge is 0.492 e. The van der Waals surface area contributed by atoms with Crippen LogP contribution < -0.4 is 10.2 Å². The molecule has 7 heteroatoms. The number of likely N-dealkylation sites (N-methyl/N-ethyl adjacent to an activating group) is 1. The van der Waals surface area contributed by atoms with Gasteiger partial charge < -0.3 is 9.64 Å². The van der Waals surface area contributed by atoms with E-state index in [-0.39, 0.29) is 0 Å². The molecule has 28 heavy (non-hydrogen) atoms. The summed E-state index contributed by atoms with van der Waals surface area (Å²) in [5, 5.41) is 5.24. The highest BCUT2D eigenvalue weighted by atomic mass is 32.1.